The van der Waals surface area contributed by atoms with Crippen LogP contribution in [-0.4, -0.2) is 25.5 Å². The van der Waals surface area contributed by atoms with E-state index in [-0.39, 0.29) is 5.91 Å². The van der Waals surface area contributed by atoms with Crippen LogP contribution in [0, 0.1) is 5.92 Å². The van der Waals surface area contributed by atoms with Crippen molar-refractivity contribution in [3.05, 3.63) is 20.8 Å². The van der Waals surface area contributed by atoms with E-state index < -0.39 is 0 Å². The number of hydrogen-bond donors (Lipinski definition) is 2. The summed E-state index contributed by atoms with van der Waals surface area (Å²) >= 11 is 4.85. The van der Waals surface area contributed by atoms with Gasteiger partial charge < -0.3 is 10.6 Å². The van der Waals surface area contributed by atoms with Crippen LogP contribution in [0.15, 0.2) is 15.9 Å². The van der Waals surface area contributed by atoms with Crippen LogP contribution in [0.3, 0.4) is 0 Å². The molecule has 1 aliphatic heterocycles. The molecule has 2 rings (SSSR count). The largest absolute Gasteiger partial charge is 0.351 e. The summed E-state index contributed by atoms with van der Waals surface area (Å²) in [6, 6.07) is 1.91. The minimum absolute atomic E-state index is 0.0420. The van der Waals surface area contributed by atoms with Crippen molar-refractivity contribution in [3.63, 3.8) is 0 Å². The molecule has 16 heavy (non-hydrogen) atoms. The number of hydrogen-bond acceptors (Lipinski definition) is 3. The summed E-state index contributed by atoms with van der Waals surface area (Å²) in [6.45, 7) is 2.94. The Kier molecular flexibility index (Phi) is 4.37. The Morgan fingerprint density at radius 3 is 2.94 bits per heavy atom. The Hall–Kier alpha value is -0.390. The molecule has 2 heterocycles. The maximum absolute atomic E-state index is 11.8. The van der Waals surface area contributed by atoms with E-state index in [1.165, 1.54) is 11.3 Å². The minimum atomic E-state index is 0.0420. The molecule has 1 aromatic rings. The number of thiophene rings is 1. The second-order valence-electron chi connectivity index (χ2n) is 4.00. The summed E-state index contributed by atoms with van der Waals surface area (Å²) in [5.41, 5.74) is 0. The predicted molar refractivity (Wildman–Crippen MR) is 69.9 cm³/mol. The molecule has 0 bridgehead atoms. The van der Waals surface area contributed by atoms with Crippen molar-refractivity contribution in [1.82, 2.24) is 10.6 Å². The average Bonchev–Trinajstić information content (AvgIpc) is 2.74. The number of rotatable bonds is 3. The van der Waals surface area contributed by atoms with Gasteiger partial charge in [0.15, 0.2) is 0 Å². The molecule has 3 nitrogen and oxygen atoms in total. The van der Waals surface area contributed by atoms with Crippen molar-refractivity contribution in [2.45, 2.75) is 12.8 Å². The van der Waals surface area contributed by atoms with E-state index in [0.29, 0.717) is 5.92 Å². The van der Waals surface area contributed by atoms with Crippen molar-refractivity contribution in [2.24, 2.45) is 5.92 Å². The highest BCUT2D eigenvalue weighted by Crippen LogP contribution is 2.22. The first-order valence-electron chi connectivity index (χ1n) is 5.49. The van der Waals surface area contributed by atoms with Crippen molar-refractivity contribution < 1.29 is 4.79 Å². The summed E-state index contributed by atoms with van der Waals surface area (Å²) in [6.07, 6.45) is 2.32. The molecule has 5 heteroatoms. The van der Waals surface area contributed by atoms with E-state index in [4.69, 9.17) is 0 Å². The fraction of sp³-hybridized carbons (Fsp3) is 0.545. The molecular formula is C11H15BrN2OS. The highest BCUT2D eigenvalue weighted by molar-refractivity contribution is 9.10. The van der Waals surface area contributed by atoms with E-state index in [9.17, 15) is 4.79 Å². The smallest absolute Gasteiger partial charge is 0.262 e. The molecule has 0 unspecified atom stereocenters. The number of nitrogens with one attached hydrogen (secondary N) is 2. The topological polar surface area (TPSA) is 41.1 Å². The minimum Gasteiger partial charge on any atom is -0.351 e. The lowest BCUT2D eigenvalue weighted by molar-refractivity contribution is 0.0947. The van der Waals surface area contributed by atoms with Gasteiger partial charge in [-0.25, -0.2) is 0 Å². The number of carbonyl (C=O) groups excluding carboxylic acids is 1. The fourth-order valence-electron chi connectivity index (χ4n) is 1.86. The van der Waals surface area contributed by atoms with E-state index in [0.717, 1.165) is 41.8 Å². The quantitative estimate of drug-likeness (QED) is 0.899. The second-order valence-corrected chi connectivity index (χ2v) is 5.77. The van der Waals surface area contributed by atoms with Crippen molar-refractivity contribution in [2.75, 3.05) is 19.6 Å². The first-order chi connectivity index (χ1) is 7.77. The highest BCUT2D eigenvalue weighted by Gasteiger charge is 2.16. The zero-order valence-electron chi connectivity index (χ0n) is 8.96. The molecule has 0 atom stereocenters. The van der Waals surface area contributed by atoms with Gasteiger partial charge in [-0.2, -0.15) is 0 Å². The van der Waals surface area contributed by atoms with Gasteiger partial charge in [0, 0.05) is 11.0 Å². The number of amides is 1. The third kappa shape index (κ3) is 3.06. The van der Waals surface area contributed by atoms with Gasteiger partial charge >= 0.3 is 0 Å². The maximum Gasteiger partial charge on any atom is 0.262 e. The molecule has 1 fully saturated rings. The van der Waals surface area contributed by atoms with Crippen LogP contribution in [0.5, 0.6) is 0 Å². The molecule has 1 aliphatic rings. The molecule has 0 saturated carbocycles. The van der Waals surface area contributed by atoms with Gasteiger partial charge in [-0.1, -0.05) is 0 Å². The monoisotopic (exact) mass is 302 g/mol. The first-order valence-corrected chi connectivity index (χ1v) is 7.16. The summed E-state index contributed by atoms with van der Waals surface area (Å²) < 4.78 is 0.889. The third-order valence-electron chi connectivity index (χ3n) is 2.83. The van der Waals surface area contributed by atoms with Gasteiger partial charge in [0.1, 0.15) is 4.88 Å². The lowest BCUT2D eigenvalue weighted by Crippen LogP contribution is -2.35. The zero-order valence-corrected chi connectivity index (χ0v) is 11.4. The Morgan fingerprint density at radius 1 is 1.56 bits per heavy atom. The average molecular weight is 303 g/mol. The molecule has 2 N–H and O–H groups in total. The molecule has 0 radical (unpaired) electrons. The molecule has 1 amide bonds. The van der Waals surface area contributed by atoms with Crippen LogP contribution < -0.4 is 10.6 Å². The number of piperidine rings is 1. The van der Waals surface area contributed by atoms with Crippen LogP contribution in [-0.2, 0) is 0 Å². The molecular weight excluding hydrogens is 288 g/mol. The Morgan fingerprint density at radius 2 is 2.31 bits per heavy atom. The van der Waals surface area contributed by atoms with Crippen molar-refractivity contribution in [3.8, 4) is 0 Å². The normalized spacial score (nSPS) is 17.3. The molecule has 0 aromatic carbocycles. The standard InChI is InChI=1S/C11H15BrN2OS/c12-9-3-6-16-10(9)11(15)14-7-8-1-4-13-5-2-8/h3,6,8,13H,1-2,4-5,7H2,(H,14,15). The van der Waals surface area contributed by atoms with Crippen LogP contribution in [0.4, 0.5) is 0 Å². The number of halogens is 1. The van der Waals surface area contributed by atoms with Crippen LogP contribution >= 0.6 is 27.3 Å². The summed E-state index contributed by atoms with van der Waals surface area (Å²) in [4.78, 5) is 12.6. The van der Waals surface area contributed by atoms with E-state index in [1.807, 2.05) is 11.4 Å². The zero-order chi connectivity index (χ0) is 11.4. The van der Waals surface area contributed by atoms with Gasteiger partial charge in [0.05, 0.1) is 0 Å². The molecule has 0 spiro atoms. The Labute approximate surface area is 108 Å². The Bertz CT molecular complexity index is 361. The SMILES string of the molecule is O=C(NCC1CCNCC1)c1sccc1Br. The van der Waals surface area contributed by atoms with Crippen LogP contribution in [0.25, 0.3) is 0 Å². The molecule has 0 aliphatic carbocycles. The van der Waals surface area contributed by atoms with Crippen molar-refractivity contribution >= 4 is 33.2 Å². The lowest BCUT2D eigenvalue weighted by Gasteiger charge is -2.22. The molecule has 88 valence electrons. The Balaban J connectivity index is 1.81. The predicted octanol–water partition coefficient (Wildman–Crippen LogP) is 2.24. The highest BCUT2D eigenvalue weighted by atomic mass is 79.9. The van der Waals surface area contributed by atoms with Gasteiger partial charge in [-0.3, -0.25) is 4.79 Å². The maximum atomic E-state index is 11.8. The van der Waals surface area contributed by atoms with Gasteiger partial charge in [-0.15, -0.1) is 11.3 Å². The third-order valence-corrected chi connectivity index (χ3v) is 4.67. The van der Waals surface area contributed by atoms with E-state index in [2.05, 4.69) is 26.6 Å². The lowest BCUT2D eigenvalue weighted by atomic mass is 9.98. The van der Waals surface area contributed by atoms with Crippen molar-refractivity contribution in [1.29, 1.82) is 0 Å². The fourth-order valence-corrected chi connectivity index (χ4v) is 3.33. The van der Waals surface area contributed by atoms with Gasteiger partial charge in [0.25, 0.3) is 5.91 Å². The van der Waals surface area contributed by atoms with Crippen LogP contribution in [0.2, 0.25) is 0 Å². The molecule has 1 saturated heterocycles. The first kappa shape index (κ1) is 12.1. The van der Waals surface area contributed by atoms with E-state index >= 15 is 0 Å². The summed E-state index contributed by atoms with van der Waals surface area (Å²) in [7, 11) is 0. The number of carbonyl (C=O) groups is 1. The van der Waals surface area contributed by atoms with Crippen LogP contribution in [0.1, 0.15) is 22.5 Å². The van der Waals surface area contributed by atoms with Gasteiger partial charge in [-0.05, 0) is 59.2 Å². The summed E-state index contributed by atoms with van der Waals surface area (Å²) in [5, 5.41) is 8.25. The van der Waals surface area contributed by atoms with E-state index in [1.54, 1.807) is 0 Å². The summed E-state index contributed by atoms with van der Waals surface area (Å²) in [5.74, 6) is 0.671. The molecule has 1 aromatic heterocycles. The second kappa shape index (κ2) is 5.80. The van der Waals surface area contributed by atoms with Gasteiger partial charge in [0.2, 0.25) is 0 Å².